The van der Waals surface area contributed by atoms with E-state index in [0.29, 0.717) is 5.56 Å². The summed E-state index contributed by atoms with van der Waals surface area (Å²) >= 11 is 3.86. The Morgan fingerprint density at radius 3 is 2.20 bits per heavy atom. The van der Waals surface area contributed by atoms with E-state index in [1.807, 2.05) is 0 Å². The third kappa shape index (κ3) is 2.82. The van der Waals surface area contributed by atoms with Crippen molar-refractivity contribution in [1.29, 1.82) is 0 Å². The Labute approximate surface area is 94.8 Å². The van der Waals surface area contributed by atoms with Crippen LogP contribution >= 0.6 is 12.6 Å². The molecule has 0 spiro atoms. The van der Waals surface area contributed by atoms with Gasteiger partial charge in [-0.2, -0.15) is 12.6 Å². The normalized spacial score (nSPS) is 11.3. The maximum atomic E-state index is 11.5. The van der Waals surface area contributed by atoms with Gasteiger partial charge in [0.2, 0.25) is 0 Å². The lowest BCUT2D eigenvalue weighted by Crippen LogP contribution is -2.05. The first-order valence-electron chi connectivity index (χ1n) is 4.48. The van der Waals surface area contributed by atoms with Gasteiger partial charge in [0.15, 0.2) is 15.6 Å². The van der Waals surface area contributed by atoms with E-state index < -0.39 is 9.84 Å². The molecule has 0 aromatic heterocycles. The Hall–Kier alpha value is -0.810. The van der Waals surface area contributed by atoms with Gasteiger partial charge in [-0.05, 0) is 12.1 Å². The minimum absolute atomic E-state index is 0.0624. The average molecular weight is 244 g/mol. The number of hydrogen-bond donors (Lipinski definition) is 1. The Kier molecular flexibility index (Phi) is 3.93. The highest BCUT2D eigenvalue weighted by atomic mass is 32.2. The molecular weight excluding hydrogens is 232 g/mol. The molecule has 1 rings (SSSR count). The van der Waals surface area contributed by atoms with Crippen molar-refractivity contribution in [2.75, 3.05) is 11.5 Å². The van der Waals surface area contributed by atoms with Crippen molar-refractivity contribution in [3.63, 3.8) is 0 Å². The third-order valence-electron chi connectivity index (χ3n) is 2.06. The highest BCUT2D eigenvalue weighted by Gasteiger charge is 2.11. The second kappa shape index (κ2) is 4.81. The summed E-state index contributed by atoms with van der Waals surface area (Å²) in [6.07, 6.45) is 0. The van der Waals surface area contributed by atoms with Gasteiger partial charge >= 0.3 is 0 Å². The standard InChI is InChI=1S/C10H12O3S2/c1-2-15(12,13)9-5-3-8(4-6-9)10(11)7-14/h3-6,14H,2,7H2,1H3. The van der Waals surface area contributed by atoms with Crippen molar-refractivity contribution < 1.29 is 13.2 Å². The number of thiol groups is 1. The molecule has 0 N–H and O–H groups in total. The monoisotopic (exact) mass is 244 g/mol. The molecular formula is C10H12O3S2. The van der Waals surface area contributed by atoms with Crippen LogP contribution in [0.25, 0.3) is 0 Å². The number of Topliss-reactive ketones (excluding diaryl/α,β-unsaturated/α-hetero) is 1. The molecule has 1 aromatic rings. The Balaban J connectivity index is 3.06. The number of carbonyl (C=O) groups excluding carboxylic acids is 1. The summed E-state index contributed by atoms with van der Waals surface area (Å²) in [5.41, 5.74) is 0.486. The van der Waals surface area contributed by atoms with Crippen LogP contribution in [-0.2, 0) is 9.84 Å². The Morgan fingerprint density at radius 1 is 1.27 bits per heavy atom. The zero-order chi connectivity index (χ0) is 11.5. The number of ketones is 1. The molecule has 1 aromatic carbocycles. The lowest BCUT2D eigenvalue weighted by Gasteiger charge is -2.02. The van der Waals surface area contributed by atoms with Crippen molar-refractivity contribution in [3.8, 4) is 0 Å². The van der Waals surface area contributed by atoms with Crippen LogP contribution in [0.5, 0.6) is 0 Å². The molecule has 0 heterocycles. The smallest absolute Gasteiger partial charge is 0.178 e. The Morgan fingerprint density at radius 2 is 1.80 bits per heavy atom. The fourth-order valence-corrected chi connectivity index (χ4v) is 2.17. The van der Waals surface area contributed by atoms with Crippen molar-refractivity contribution in [3.05, 3.63) is 29.8 Å². The number of rotatable bonds is 4. The number of carbonyl (C=O) groups is 1. The van der Waals surface area contributed by atoms with Gasteiger partial charge in [0, 0.05) is 5.56 Å². The molecule has 0 bridgehead atoms. The molecule has 0 radical (unpaired) electrons. The maximum Gasteiger partial charge on any atom is 0.178 e. The summed E-state index contributed by atoms with van der Waals surface area (Å²) in [6, 6.07) is 5.94. The SMILES string of the molecule is CCS(=O)(=O)c1ccc(C(=O)CS)cc1. The summed E-state index contributed by atoms with van der Waals surface area (Å²) in [6.45, 7) is 1.59. The van der Waals surface area contributed by atoms with E-state index in [9.17, 15) is 13.2 Å². The van der Waals surface area contributed by atoms with E-state index in [-0.39, 0.29) is 22.2 Å². The first-order valence-corrected chi connectivity index (χ1v) is 6.76. The molecule has 0 amide bonds. The maximum absolute atomic E-state index is 11.5. The van der Waals surface area contributed by atoms with Gasteiger partial charge < -0.3 is 0 Å². The molecule has 0 aliphatic heterocycles. The van der Waals surface area contributed by atoms with Crippen LogP contribution in [0, 0.1) is 0 Å². The van der Waals surface area contributed by atoms with Crippen LogP contribution < -0.4 is 0 Å². The first kappa shape index (κ1) is 12.3. The highest BCUT2D eigenvalue weighted by Crippen LogP contribution is 2.12. The molecule has 5 heteroatoms. The van der Waals surface area contributed by atoms with Gasteiger partial charge in [0.05, 0.1) is 16.4 Å². The van der Waals surface area contributed by atoms with E-state index in [2.05, 4.69) is 12.6 Å². The predicted molar refractivity (Wildman–Crippen MR) is 62.4 cm³/mol. The number of sulfone groups is 1. The lowest BCUT2D eigenvalue weighted by molar-refractivity contribution is 0.102. The Bertz CT molecular complexity index is 446. The van der Waals surface area contributed by atoms with Crippen molar-refractivity contribution in [2.24, 2.45) is 0 Å². The first-order chi connectivity index (χ1) is 7.01. The van der Waals surface area contributed by atoms with Gasteiger partial charge in [0.25, 0.3) is 0 Å². The summed E-state index contributed by atoms with van der Waals surface area (Å²) in [7, 11) is -3.18. The fraction of sp³-hybridized carbons (Fsp3) is 0.300. The van der Waals surface area contributed by atoms with Crippen LogP contribution in [0.3, 0.4) is 0 Å². The van der Waals surface area contributed by atoms with Crippen molar-refractivity contribution in [2.45, 2.75) is 11.8 Å². The third-order valence-corrected chi connectivity index (χ3v) is 4.10. The molecule has 15 heavy (non-hydrogen) atoms. The molecule has 3 nitrogen and oxygen atoms in total. The highest BCUT2D eigenvalue weighted by molar-refractivity contribution is 7.91. The molecule has 82 valence electrons. The van der Waals surface area contributed by atoms with Gasteiger partial charge in [-0.25, -0.2) is 8.42 Å². The molecule has 0 aliphatic carbocycles. The van der Waals surface area contributed by atoms with Gasteiger partial charge in [0.1, 0.15) is 0 Å². The quantitative estimate of drug-likeness (QED) is 0.646. The molecule has 0 saturated carbocycles. The van der Waals surface area contributed by atoms with E-state index in [1.165, 1.54) is 24.3 Å². The topological polar surface area (TPSA) is 51.2 Å². The molecule has 0 saturated heterocycles. The lowest BCUT2D eigenvalue weighted by atomic mass is 10.1. The summed E-state index contributed by atoms with van der Waals surface area (Å²) in [5, 5.41) is 0. The van der Waals surface area contributed by atoms with Gasteiger partial charge in [-0.15, -0.1) is 0 Å². The van der Waals surface area contributed by atoms with Crippen molar-refractivity contribution >= 4 is 28.2 Å². The van der Waals surface area contributed by atoms with E-state index in [0.717, 1.165) is 0 Å². The average Bonchev–Trinajstić information content (AvgIpc) is 2.28. The van der Waals surface area contributed by atoms with Crippen LogP contribution in [0.1, 0.15) is 17.3 Å². The van der Waals surface area contributed by atoms with Gasteiger partial charge in [-0.3, -0.25) is 4.79 Å². The van der Waals surface area contributed by atoms with E-state index in [1.54, 1.807) is 6.92 Å². The van der Waals surface area contributed by atoms with Crippen LogP contribution in [0.2, 0.25) is 0 Å². The zero-order valence-corrected chi connectivity index (χ0v) is 10.0. The second-order valence-electron chi connectivity index (χ2n) is 3.01. The van der Waals surface area contributed by atoms with E-state index in [4.69, 9.17) is 0 Å². The molecule has 0 unspecified atom stereocenters. The minimum Gasteiger partial charge on any atom is -0.293 e. The minimum atomic E-state index is -3.18. The molecule has 0 fully saturated rings. The van der Waals surface area contributed by atoms with Crippen LogP contribution in [0.4, 0.5) is 0 Å². The summed E-state index contributed by atoms with van der Waals surface area (Å²) in [4.78, 5) is 11.5. The van der Waals surface area contributed by atoms with Crippen LogP contribution in [-0.4, -0.2) is 25.7 Å². The summed E-state index contributed by atoms with van der Waals surface area (Å²) < 4.78 is 22.9. The molecule has 0 aliphatic rings. The summed E-state index contributed by atoms with van der Waals surface area (Å²) in [5.74, 6) is 0.0750. The fourth-order valence-electron chi connectivity index (χ4n) is 1.11. The zero-order valence-electron chi connectivity index (χ0n) is 8.30. The van der Waals surface area contributed by atoms with E-state index >= 15 is 0 Å². The number of hydrogen-bond acceptors (Lipinski definition) is 4. The molecule has 0 atom stereocenters. The predicted octanol–water partition coefficient (Wildman–Crippen LogP) is 1.59. The largest absolute Gasteiger partial charge is 0.293 e. The second-order valence-corrected chi connectivity index (χ2v) is 5.60. The van der Waals surface area contributed by atoms with Crippen LogP contribution in [0.15, 0.2) is 29.2 Å². The number of benzene rings is 1. The van der Waals surface area contributed by atoms with Crippen molar-refractivity contribution in [1.82, 2.24) is 0 Å². The van der Waals surface area contributed by atoms with Gasteiger partial charge in [-0.1, -0.05) is 19.1 Å².